The predicted molar refractivity (Wildman–Crippen MR) is 87.6 cm³/mol. The van der Waals surface area contributed by atoms with Crippen LogP contribution in [0.15, 0.2) is 24.3 Å². The van der Waals surface area contributed by atoms with Gasteiger partial charge in [0.2, 0.25) is 5.91 Å². The van der Waals surface area contributed by atoms with E-state index < -0.39 is 0 Å². The number of anilines is 1. The highest BCUT2D eigenvalue weighted by Crippen LogP contribution is 2.39. The number of carbonyl (C=O) groups excluding carboxylic acids is 2. The molecule has 5 nitrogen and oxygen atoms in total. The minimum atomic E-state index is -0.332. The second-order valence-corrected chi connectivity index (χ2v) is 6.57. The Balaban J connectivity index is 2.00. The topological polar surface area (TPSA) is 84.2 Å². The zero-order valence-electron chi connectivity index (χ0n) is 13.5. The molecule has 1 saturated carbocycles. The van der Waals surface area contributed by atoms with Gasteiger partial charge in [-0.05, 0) is 49.9 Å². The molecule has 0 aliphatic heterocycles. The van der Waals surface area contributed by atoms with Gasteiger partial charge in [-0.2, -0.15) is 0 Å². The van der Waals surface area contributed by atoms with Gasteiger partial charge in [0.25, 0.3) is 5.91 Å². The van der Waals surface area contributed by atoms with Crippen molar-refractivity contribution in [2.24, 2.45) is 17.6 Å². The van der Waals surface area contributed by atoms with Gasteiger partial charge in [-0.25, -0.2) is 0 Å². The van der Waals surface area contributed by atoms with Crippen LogP contribution in [0.5, 0.6) is 0 Å². The highest BCUT2D eigenvalue weighted by molar-refractivity contribution is 5.96. The van der Waals surface area contributed by atoms with Gasteiger partial charge in [0.15, 0.2) is 0 Å². The maximum atomic E-state index is 12.3. The molecule has 1 unspecified atom stereocenters. The Hall–Kier alpha value is -1.88. The SMILES string of the molecule is CC(C)C(=O)Nc1ccc(C(=O)NC(C)(CN)C2CC2)cc1. The van der Waals surface area contributed by atoms with Gasteiger partial charge >= 0.3 is 0 Å². The smallest absolute Gasteiger partial charge is 0.251 e. The summed E-state index contributed by atoms with van der Waals surface area (Å²) in [5.74, 6) is 0.237. The minimum absolute atomic E-state index is 0.0401. The molecule has 1 aromatic rings. The van der Waals surface area contributed by atoms with Gasteiger partial charge in [0, 0.05) is 23.7 Å². The maximum Gasteiger partial charge on any atom is 0.251 e. The molecule has 5 heteroatoms. The number of carbonyl (C=O) groups is 2. The number of benzene rings is 1. The molecule has 0 aromatic heterocycles. The molecule has 0 radical (unpaired) electrons. The second kappa shape index (κ2) is 6.48. The van der Waals surface area contributed by atoms with E-state index in [1.807, 2.05) is 20.8 Å². The molecule has 2 amide bonds. The molecule has 0 saturated heterocycles. The third kappa shape index (κ3) is 3.85. The normalized spacial score (nSPS) is 17.0. The summed E-state index contributed by atoms with van der Waals surface area (Å²) in [7, 11) is 0. The largest absolute Gasteiger partial charge is 0.345 e. The van der Waals surface area contributed by atoms with Crippen LogP contribution in [0.25, 0.3) is 0 Å². The Morgan fingerprint density at radius 2 is 1.86 bits per heavy atom. The quantitative estimate of drug-likeness (QED) is 0.752. The Morgan fingerprint density at radius 3 is 2.32 bits per heavy atom. The van der Waals surface area contributed by atoms with Crippen LogP contribution in [0.1, 0.15) is 44.0 Å². The fourth-order valence-corrected chi connectivity index (χ4v) is 2.36. The minimum Gasteiger partial charge on any atom is -0.345 e. The molecule has 1 aromatic carbocycles. The van der Waals surface area contributed by atoms with Crippen molar-refractivity contribution in [2.75, 3.05) is 11.9 Å². The van der Waals surface area contributed by atoms with Gasteiger partial charge in [-0.3, -0.25) is 9.59 Å². The summed E-state index contributed by atoms with van der Waals surface area (Å²) in [6.45, 7) is 6.11. The maximum absolute atomic E-state index is 12.3. The molecular formula is C17H25N3O2. The molecule has 4 N–H and O–H groups in total. The molecule has 1 fully saturated rings. The fourth-order valence-electron chi connectivity index (χ4n) is 2.36. The summed E-state index contributed by atoms with van der Waals surface area (Å²) in [5.41, 5.74) is 6.75. The average Bonchev–Trinajstić information content (AvgIpc) is 3.32. The van der Waals surface area contributed by atoms with Gasteiger partial charge < -0.3 is 16.4 Å². The summed E-state index contributed by atoms with van der Waals surface area (Å²) in [4.78, 5) is 24.0. The van der Waals surface area contributed by atoms with E-state index in [2.05, 4.69) is 10.6 Å². The van der Waals surface area contributed by atoms with Crippen LogP contribution in [-0.4, -0.2) is 23.9 Å². The van der Waals surface area contributed by atoms with Gasteiger partial charge in [-0.1, -0.05) is 13.8 Å². The predicted octanol–water partition coefficient (Wildman–Crippen LogP) is 2.14. The first-order valence-corrected chi connectivity index (χ1v) is 7.79. The molecular weight excluding hydrogens is 278 g/mol. The van der Waals surface area contributed by atoms with E-state index in [0.29, 0.717) is 23.7 Å². The number of rotatable bonds is 6. The standard InChI is InChI=1S/C17H25N3O2/c1-11(2)15(21)19-14-8-4-12(5-9-14)16(22)20-17(3,10-18)13-6-7-13/h4-5,8-9,11,13H,6-7,10,18H2,1-3H3,(H,19,21)(H,20,22). The van der Waals surface area contributed by atoms with Crippen LogP contribution < -0.4 is 16.4 Å². The Bertz CT molecular complexity index is 550. The number of hydrogen-bond acceptors (Lipinski definition) is 3. The Labute approximate surface area is 131 Å². The van der Waals surface area contributed by atoms with Crippen molar-refractivity contribution >= 4 is 17.5 Å². The lowest BCUT2D eigenvalue weighted by atomic mass is 9.95. The number of amides is 2. The molecule has 0 bridgehead atoms. The fraction of sp³-hybridized carbons (Fsp3) is 0.529. The van der Waals surface area contributed by atoms with E-state index in [0.717, 1.165) is 12.8 Å². The molecule has 1 aliphatic carbocycles. The molecule has 1 aliphatic rings. The lowest BCUT2D eigenvalue weighted by Gasteiger charge is -2.29. The van der Waals surface area contributed by atoms with Gasteiger partial charge in [0.1, 0.15) is 0 Å². The summed E-state index contributed by atoms with van der Waals surface area (Å²) >= 11 is 0. The van der Waals surface area contributed by atoms with Crippen LogP contribution in [0.4, 0.5) is 5.69 Å². The van der Waals surface area contributed by atoms with Crippen molar-refractivity contribution in [2.45, 2.75) is 39.2 Å². The number of nitrogens with one attached hydrogen (secondary N) is 2. The number of hydrogen-bond donors (Lipinski definition) is 3. The average molecular weight is 303 g/mol. The Kier molecular flexibility index (Phi) is 4.86. The summed E-state index contributed by atoms with van der Waals surface area (Å²) in [5, 5.41) is 5.85. The van der Waals surface area contributed by atoms with Crippen molar-refractivity contribution < 1.29 is 9.59 Å². The molecule has 0 spiro atoms. The first-order chi connectivity index (χ1) is 10.4. The third-order valence-electron chi connectivity index (χ3n) is 4.24. The highest BCUT2D eigenvalue weighted by atomic mass is 16.2. The van der Waals surface area contributed by atoms with Gasteiger partial charge in [-0.15, -0.1) is 0 Å². The van der Waals surface area contributed by atoms with Crippen molar-refractivity contribution in [3.05, 3.63) is 29.8 Å². The van der Waals surface area contributed by atoms with E-state index >= 15 is 0 Å². The van der Waals surface area contributed by atoms with Crippen LogP contribution in [0.2, 0.25) is 0 Å². The van der Waals surface area contributed by atoms with Crippen LogP contribution in [0, 0.1) is 11.8 Å². The summed E-state index contributed by atoms with van der Waals surface area (Å²) in [6.07, 6.45) is 2.24. The Morgan fingerprint density at radius 1 is 1.27 bits per heavy atom. The van der Waals surface area contributed by atoms with E-state index in [4.69, 9.17) is 5.73 Å². The zero-order chi connectivity index (χ0) is 16.3. The first kappa shape index (κ1) is 16.5. The monoisotopic (exact) mass is 303 g/mol. The lowest BCUT2D eigenvalue weighted by Crippen LogP contribution is -2.53. The van der Waals surface area contributed by atoms with Crippen LogP contribution in [0.3, 0.4) is 0 Å². The van der Waals surface area contributed by atoms with E-state index in [-0.39, 0.29) is 23.3 Å². The van der Waals surface area contributed by atoms with E-state index in [9.17, 15) is 9.59 Å². The van der Waals surface area contributed by atoms with Crippen LogP contribution >= 0.6 is 0 Å². The first-order valence-electron chi connectivity index (χ1n) is 7.79. The van der Waals surface area contributed by atoms with Gasteiger partial charge in [0.05, 0.1) is 5.54 Å². The highest BCUT2D eigenvalue weighted by Gasteiger charge is 2.41. The van der Waals surface area contributed by atoms with Crippen LogP contribution in [-0.2, 0) is 4.79 Å². The van der Waals surface area contributed by atoms with Crippen molar-refractivity contribution in [3.8, 4) is 0 Å². The number of nitrogens with two attached hydrogens (primary N) is 1. The van der Waals surface area contributed by atoms with E-state index in [1.165, 1.54) is 0 Å². The van der Waals surface area contributed by atoms with Crippen molar-refractivity contribution in [1.82, 2.24) is 5.32 Å². The lowest BCUT2D eigenvalue weighted by molar-refractivity contribution is -0.118. The molecule has 0 heterocycles. The molecule has 120 valence electrons. The van der Waals surface area contributed by atoms with Crippen molar-refractivity contribution in [3.63, 3.8) is 0 Å². The summed E-state index contributed by atoms with van der Waals surface area (Å²) in [6, 6.07) is 6.92. The summed E-state index contributed by atoms with van der Waals surface area (Å²) < 4.78 is 0. The van der Waals surface area contributed by atoms with E-state index in [1.54, 1.807) is 24.3 Å². The zero-order valence-corrected chi connectivity index (χ0v) is 13.5. The van der Waals surface area contributed by atoms with Crippen molar-refractivity contribution in [1.29, 1.82) is 0 Å². The molecule has 22 heavy (non-hydrogen) atoms. The third-order valence-corrected chi connectivity index (χ3v) is 4.24. The molecule has 1 atom stereocenters. The molecule has 2 rings (SSSR count). The second-order valence-electron chi connectivity index (χ2n) is 6.57.